The zero-order valence-electron chi connectivity index (χ0n) is 18.8. The molecular weight excluding hydrogens is 361 g/mol. The molecule has 0 aromatic heterocycles. The van der Waals surface area contributed by atoms with E-state index in [-0.39, 0.29) is 18.0 Å². The summed E-state index contributed by atoms with van der Waals surface area (Å²) in [6.07, 6.45) is 1.47. The number of aryl methyl sites for hydroxylation is 1. The molecule has 1 aliphatic rings. The van der Waals surface area contributed by atoms with Crippen LogP contribution in [0, 0.1) is 12.7 Å². The molecule has 0 radical (unpaired) electrons. The molecule has 0 amide bonds. The Morgan fingerprint density at radius 1 is 1.03 bits per heavy atom. The minimum atomic E-state index is -0.188. The van der Waals surface area contributed by atoms with Crippen molar-refractivity contribution in [2.75, 3.05) is 19.6 Å². The molecular formula is C26H36FNO. The van der Waals surface area contributed by atoms with Gasteiger partial charge in [0.15, 0.2) is 0 Å². The van der Waals surface area contributed by atoms with Crippen molar-refractivity contribution in [3.8, 4) is 0 Å². The van der Waals surface area contributed by atoms with Crippen LogP contribution >= 0.6 is 0 Å². The molecule has 3 rings (SSSR count). The first-order valence-corrected chi connectivity index (χ1v) is 10.8. The van der Waals surface area contributed by atoms with Crippen LogP contribution in [0.1, 0.15) is 57.7 Å². The first-order chi connectivity index (χ1) is 13.9. The molecule has 0 spiro atoms. The summed E-state index contributed by atoms with van der Waals surface area (Å²) in [6.45, 7) is 15.4. The number of hydrogen-bond acceptors (Lipinski definition) is 2. The molecule has 0 bridgehead atoms. The number of benzene rings is 2. The van der Waals surface area contributed by atoms with Gasteiger partial charge in [0.2, 0.25) is 0 Å². The van der Waals surface area contributed by atoms with Gasteiger partial charge in [0.25, 0.3) is 0 Å². The van der Waals surface area contributed by atoms with Crippen LogP contribution in [-0.2, 0) is 4.74 Å². The van der Waals surface area contributed by atoms with E-state index in [0.717, 1.165) is 37.2 Å². The summed E-state index contributed by atoms with van der Waals surface area (Å²) in [5.41, 5.74) is 5.92. The van der Waals surface area contributed by atoms with Crippen LogP contribution in [0.4, 0.5) is 4.39 Å². The molecule has 2 aromatic rings. The topological polar surface area (TPSA) is 12.5 Å². The average molecular weight is 398 g/mol. The minimum Gasteiger partial charge on any atom is -0.373 e. The van der Waals surface area contributed by atoms with E-state index in [4.69, 9.17) is 4.74 Å². The van der Waals surface area contributed by atoms with E-state index >= 15 is 0 Å². The van der Waals surface area contributed by atoms with Crippen molar-refractivity contribution in [1.29, 1.82) is 0 Å². The molecule has 1 aliphatic heterocycles. The highest BCUT2D eigenvalue weighted by atomic mass is 19.1. The van der Waals surface area contributed by atoms with E-state index in [2.05, 4.69) is 56.9 Å². The van der Waals surface area contributed by atoms with Gasteiger partial charge in [0, 0.05) is 19.6 Å². The van der Waals surface area contributed by atoms with E-state index in [1.54, 1.807) is 12.1 Å². The molecule has 0 aliphatic carbocycles. The number of rotatable bonds is 5. The van der Waals surface area contributed by atoms with Gasteiger partial charge < -0.3 is 4.74 Å². The van der Waals surface area contributed by atoms with Crippen LogP contribution in [0.15, 0.2) is 48.5 Å². The maximum absolute atomic E-state index is 13.8. The van der Waals surface area contributed by atoms with Crippen LogP contribution < -0.4 is 0 Å². The smallest absolute Gasteiger partial charge is 0.123 e. The van der Waals surface area contributed by atoms with Crippen LogP contribution in [-0.4, -0.2) is 36.7 Å². The summed E-state index contributed by atoms with van der Waals surface area (Å²) in [5.74, 6) is -0.188. The molecule has 1 heterocycles. The fraction of sp³-hybridized carbons (Fsp3) is 0.462. The normalized spacial score (nSPS) is 20.5. The largest absolute Gasteiger partial charge is 0.373 e. The molecule has 2 aromatic carbocycles. The number of nitrogens with zero attached hydrogens (tertiary/aromatic N) is 1. The van der Waals surface area contributed by atoms with Gasteiger partial charge in [0.1, 0.15) is 5.82 Å². The lowest BCUT2D eigenvalue weighted by molar-refractivity contribution is -0.0672. The Kier molecular flexibility index (Phi) is 9.06. The van der Waals surface area contributed by atoms with Gasteiger partial charge in [-0.15, -0.1) is 0 Å². The number of hydrogen-bond donors (Lipinski definition) is 0. The van der Waals surface area contributed by atoms with Crippen molar-refractivity contribution in [3.05, 3.63) is 71.0 Å². The summed E-state index contributed by atoms with van der Waals surface area (Å²) in [7, 11) is 0. The Balaban J connectivity index is 0.00000145. The second-order valence-electron chi connectivity index (χ2n) is 7.70. The third-order valence-electron chi connectivity index (χ3n) is 5.35. The lowest BCUT2D eigenvalue weighted by Crippen LogP contribution is -2.45. The predicted octanol–water partition coefficient (Wildman–Crippen LogP) is 6.59. The highest BCUT2D eigenvalue weighted by molar-refractivity contribution is 5.90. The highest BCUT2D eigenvalue weighted by Crippen LogP contribution is 2.31. The second-order valence-corrected chi connectivity index (χ2v) is 7.70. The van der Waals surface area contributed by atoms with E-state index in [1.807, 2.05) is 19.9 Å². The molecule has 1 fully saturated rings. The number of halogens is 1. The summed E-state index contributed by atoms with van der Waals surface area (Å²) in [6, 6.07) is 15.4. The van der Waals surface area contributed by atoms with Crippen LogP contribution in [0.5, 0.6) is 0 Å². The quantitative estimate of drug-likeness (QED) is 0.528. The average Bonchev–Trinajstić information content (AvgIpc) is 2.70. The molecule has 158 valence electrons. The van der Waals surface area contributed by atoms with Crippen molar-refractivity contribution in [1.82, 2.24) is 4.90 Å². The fourth-order valence-corrected chi connectivity index (χ4v) is 4.07. The fourth-order valence-electron chi connectivity index (χ4n) is 4.07. The first-order valence-electron chi connectivity index (χ1n) is 10.8. The Morgan fingerprint density at radius 3 is 2.31 bits per heavy atom. The van der Waals surface area contributed by atoms with E-state index in [0.29, 0.717) is 0 Å². The first kappa shape index (κ1) is 23.3. The molecule has 0 N–H and O–H groups in total. The van der Waals surface area contributed by atoms with Crippen molar-refractivity contribution in [3.63, 3.8) is 0 Å². The van der Waals surface area contributed by atoms with Crippen molar-refractivity contribution >= 4 is 11.1 Å². The summed E-state index contributed by atoms with van der Waals surface area (Å²) >= 11 is 0. The zero-order chi connectivity index (χ0) is 21.4. The number of morpholine rings is 1. The molecule has 2 nitrogen and oxygen atoms in total. The van der Waals surface area contributed by atoms with Crippen molar-refractivity contribution in [2.45, 2.75) is 60.2 Å². The molecule has 0 saturated carbocycles. The van der Waals surface area contributed by atoms with Gasteiger partial charge in [0.05, 0.1) is 12.2 Å². The van der Waals surface area contributed by atoms with Crippen LogP contribution in [0.25, 0.3) is 11.1 Å². The van der Waals surface area contributed by atoms with Gasteiger partial charge in [-0.05, 0) is 74.1 Å². The standard InChI is InChI=1S/C24H30FNO.C2H6/c1-17-8-5-6-11-23(17)24(20(4)21-9-7-10-22(25)14-21)12-13-26-15-18(2)27-19(3)16-26;1-2/h5-11,14,18-19H,12-13,15-16H2,1-4H3;1-2H3/b24-20+;. The maximum Gasteiger partial charge on any atom is 0.123 e. The molecule has 3 heteroatoms. The predicted molar refractivity (Wildman–Crippen MR) is 122 cm³/mol. The van der Waals surface area contributed by atoms with Gasteiger partial charge >= 0.3 is 0 Å². The van der Waals surface area contributed by atoms with Crippen LogP contribution in [0.3, 0.4) is 0 Å². The molecule has 29 heavy (non-hydrogen) atoms. The Morgan fingerprint density at radius 2 is 1.69 bits per heavy atom. The maximum atomic E-state index is 13.8. The van der Waals surface area contributed by atoms with E-state index < -0.39 is 0 Å². The van der Waals surface area contributed by atoms with E-state index in [1.165, 1.54) is 22.8 Å². The SMILES string of the molecule is C/C(=C(/CCN1CC(C)OC(C)C1)c1ccccc1C)c1cccc(F)c1.CC. The minimum absolute atomic E-state index is 0.188. The Bertz CT molecular complexity index is 804. The monoisotopic (exact) mass is 397 g/mol. The van der Waals surface area contributed by atoms with Crippen molar-refractivity contribution in [2.24, 2.45) is 0 Å². The summed E-state index contributed by atoms with van der Waals surface area (Å²) in [5, 5.41) is 0. The Hall–Kier alpha value is -1.97. The molecule has 2 atom stereocenters. The lowest BCUT2D eigenvalue weighted by atomic mass is 9.90. The van der Waals surface area contributed by atoms with Crippen LogP contribution in [0.2, 0.25) is 0 Å². The van der Waals surface area contributed by atoms with Gasteiger partial charge in [-0.25, -0.2) is 4.39 Å². The molecule has 1 saturated heterocycles. The second kappa shape index (κ2) is 11.3. The Labute approximate surface area is 176 Å². The number of ether oxygens (including phenoxy) is 1. The number of allylic oxidation sites excluding steroid dienone is 1. The van der Waals surface area contributed by atoms with Gasteiger partial charge in [-0.3, -0.25) is 4.90 Å². The highest BCUT2D eigenvalue weighted by Gasteiger charge is 2.22. The lowest BCUT2D eigenvalue weighted by Gasteiger charge is -2.35. The summed E-state index contributed by atoms with van der Waals surface area (Å²) in [4.78, 5) is 2.48. The summed E-state index contributed by atoms with van der Waals surface area (Å²) < 4.78 is 19.7. The van der Waals surface area contributed by atoms with Gasteiger partial charge in [-0.1, -0.05) is 50.2 Å². The van der Waals surface area contributed by atoms with E-state index in [9.17, 15) is 4.39 Å². The molecule has 2 unspecified atom stereocenters. The third kappa shape index (κ3) is 6.52. The van der Waals surface area contributed by atoms with Gasteiger partial charge in [-0.2, -0.15) is 0 Å². The zero-order valence-corrected chi connectivity index (χ0v) is 18.8. The third-order valence-corrected chi connectivity index (χ3v) is 5.35. The van der Waals surface area contributed by atoms with Crippen molar-refractivity contribution < 1.29 is 9.13 Å².